The van der Waals surface area contributed by atoms with Crippen LogP contribution in [0, 0.1) is 5.82 Å². The first kappa shape index (κ1) is 16.5. The molecule has 1 aromatic rings. The lowest BCUT2D eigenvalue weighted by molar-refractivity contribution is -0.300. The summed E-state index contributed by atoms with van der Waals surface area (Å²) in [7, 11) is 0. The lowest BCUT2D eigenvalue weighted by Gasteiger charge is -2.25. The van der Waals surface area contributed by atoms with Gasteiger partial charge in [0.05, 0.1) is 0 Å². The second kappa shape index (κ2) is 5.47. The highest BCUT2D eigenvalue weighted by atomic mass is 19.4. The van der Waals surface area contributed by atoms with Crippen molar-refractivity contribution in [3.05, 3.63) is 29.6 Å². The van der Waals surface area contributed by atoms with E-state index in [9.17, 15) is 30.7 Å². The predicted octanol–water partition coefficient (Wildman–Crippen LogP) is 3.72. The normalized spacial score (nSPS) is 14.5. The van der Waals surface area contributed by atoms with Crippen LogP contribution in [0.1, 0.15) is 18.5 Å². The molecule has 0 aliphatic carbocycles. The summed E-state index contributed by atoms with van der Waals surface area (Å²) in [5, 5.41) is 0. The lowest BCUT2D eigenvalue weighted by atomic mass is 10.1. The van der Waals surface area contributed by atoms with Crippen LogP contribution in [0.2, 0.25) is 0 Å². The molecular weight excluding hydrogens is 295 g/mol. The zero-order chi connectivity index (χ0) is 15.7. The second-order valence-electron chi connectivity index (χ2n) is 4.03. The highest BCUT2D eigenvalue weighted by molar-refractivity contribution is 5.37. The number of ether oxygens (including phenoxy) is 1. The number of alkyl halides is 6. The summed E-state index contributed by atoms with van der Waals surface area (Å²) >= 11 is 0. The lowest BCUT2D eigenvalue weighted by Crippen LogP contribution is -2.47. The number of para-hydroxylation sites is 1. The average molecular weight is 305 g/mol. The highest BCUT2D eigenvalue weighted by Gasteiger charge is 2.59. The Labute approximate surface area is 109 Å². The third-order valence-corrected chi connectivity index (χ3v) is 2.32. The van der Waals surface area contributed by atoms with E-state index in [1.807, 2.05) is 0 Å². The molecule has 2 nitrogen and oxygen atoms in total. The molecule has 0 bridgehead atoms. The third kappa shape index (κ3) is 3.75. The maximum atomic E-state index is 13.4. The fourth-order valence-electron chi connectivity index (χ4n) is 1.45. The number of halogens is 7. The molecule has 0 aliphatic heterocycles. The van der Waals surface area contributed by atoms with Gasteiger partial charge in [-0.05, 0) is 13.0 Å². The van der Waals surface area contributed by atoms with Gasteiger partial charge in [-0.15, -0.1) is 0 Å². The van der Waals surface area contributed by atoms with Gasteiger partial charge in [0.25, 0.3) is 6.10 Å². The van der Waals surface area contributed by atoms with E-state index in [0.29, 0.717) is 6.07 Å². The molecule has 1 rings (SSSR count). The largest absolute Gasteiger partial charge is 0.468 e. The first-order valence-corrected chi connectivity index (χ1v) is 5.28. The van der Waals surface area contributed by atoms with E-state index >= 15 is 0 Å². The third-order valence-electron chi connectivity index (χ3n) is 2.32. The summed E-state index contributed by atoms with van der Waals surface area (Å²) in [6.45, 7) is 1.28. The Morgan fingerprint density at radius 3 is 1.95 bits per heavy atom. The molecule has 0 saturated carbocycles. The van der Waals surface area contributed by atoms with Gasteiger partial charge < -0.3 is 10.5 Å². The quantitative estimate of drug-likeness (QED) is 0.864. The van der Waals surface area contributed by atoms with Crippen molar-refractivity contribution in [3.63, 3.8) is 0 Å². The molecule has 0 heterocycles. The molecule has 1 unspecified atom stereocenters. The summed E-state index contributed by atoms with van der Waals surface area (Å²) in [5.74, 6) is -2.50. The molecule has 2 N–H and O–H groups in total. The minimum Gasteiger partial charge on any atom is -0.468 e. The van der Waals surface area contributed by atoms with Crippen LogP contribution in [0.5, 0.6) is 5.75 Å². The fraction of sp³-hybridized carbons (Fsp3) is 0.455. The van der Waals surface area contributed by atoms with E-state index in [-0.39, 0.29) is 5.56 Å². The fourth-order valence-corrected chi connectivity index (χ4v) is 1.45. The summed E-state index contributed by atoms with van der Waals surface area (Å²) in [5.41, 5.74) is 5.08. The van der Waals surface area contributed by atoms with Crippen LogP contribution >= 0.6 is 0 Å². The summed E-state index contributed by atoms with van der Waals surface area (Å²) < 4.78 is 91.5. The van der Waals surface area contributed by atoms with Crippen molar-refractivity contribution in [1.82, 2.24) is 0 Å². The number of hydrogen-bond acceptors (Lipinski definition) is 2. The van der Waals surface area contributed by atoms with Gasteiger partial charge in [0, 0.05) is 11.6 Å². The molecule has 0 aromatic heterocycles. The first-order valence-electron chi connectivity index (χ1n) is 5.28. The second-order valence-corrected chi connectivity index (χ2v) is 4.03. The van der Waals surface area contributed by atoms with Gasteiger partial charge >= 0.3 is 12.4 Å². The van der Waals surface area contributed by atoms with Gasteiger partial charge in [0.15, 0.2) is 11.6 Å². The van der Waals surface area contributed by atoms with Crippen molar-refractivity contribution >= 4 is 0 Å². The van der Waals surface area contributed by atoms with Gasteiger partial charge in [-0.1, -0.05) is 12.1 Å². The van der Waals surface area contributed by atoms with Crippen molar-refractivity contribution in [3.8, 4) is 5.75 Å². The van der Waals surface area contributed by atoms with E-state index in [0.717, 1.165) is 12.1 Å². The van der Waals surface area contributed by atoms with E-state index in [4.69, 9.17) is 5.73 Å². The van der Waals surface area contributed by atoms with E-state index in [2.05, 4.69) is 4.74 Å². The molecule has 0 radical (unpaired) electrons. The number of nitrogens with two attached hydrogens (primary N) is 1. The molecule has 0 fully saturated rings. The average Bonchev–Trinajstić information content (AvgIpc) is 2.23. The van der Waals surface area contributed by atoms with Gasteiger partial charge in [0.1, 0.15) is 0 Å². The highest BCUT2D eigenvalue weighted by Crippen LogP contribution is 2.38. The maximum Gasteiger partial charge on any atom is 0.434 e. The first-order chi connectivity index (χ1) is 8.94. The van der Waals surface area contributed by atoms with Gasteiger partial charge in [0.2, 0.25) is 0 Å². The standard InChI is InChI=1S/C11H10F7NO/c1-5(19)6-3-2-4-7(12)8(6)20-9(10(13,14)15)11(16,17)18/h2-5,9H,19H2,1H3. The van der Waals surface area contributed by atoms with Crippen LogP contribution < -0.4 is 10.5 Å². The molecule has 1 atom stereocenters. The minimum absolute atomic E-state index is 0.288. The van der Waals surface area contributed by atoms with Gasteiger partial charge in [-0.3, -0.25) is 0 Å². The van der Waals surface area contributed by atoms with Crippen molar-refractivity contribution in [2.24, 2.45) is 5.73 Å². The van der Waals surface area contributed by atoms with Crippen molar-refractivity contribution in [2.75, 3.05) is 0 Å². The molecule has 114 valence electrons. The monoisotopic (exact) mass is 305 g/mol. The van der Waals surface area contributed by atoms with Gasteiger partial charge in [-0.2, -0.15) is 26.3 Å². The Hall–Kier alpha value is -1.51. The zero-order valence-electron chi connectivity index (χ0n) is 10.0. The Bertz CT molecular complexity index is 453. The number of rotatable bonds is 3. The summed E-state index contributed by atoms with van der Waals surface area (Å²) in [4.78, 5) is 0. The van der Waals surface area contributed by atoms with E-state index < -0.39 is 36.1 Å². The molecule has 0 aliphatic rings. The molecule has 9 heteroatoms. The Morgan fingerprint density at radius 2 is 1.55 bits per heavy atom. The summed E-state index contributed by atoms with van der Waals surface area (Å²) in [6, 6.07) is 1.89. The van der Waals surface area contributed by atoms with Crippen molar-refractivity contribution in [1.29, 1.82) is 0 Å². The molecule has 20 heavy (non-hydrogen) atoms. The van der Waals surface area contributed by atoms with Crippen LogP contribution in [-0.4, -0.2) is 18.5 Å². The van der Waals surface area contributed by atoms with Crippen LogP contribution in [0.3, 0.4) is 0 Å². The number of hydrogen-bond donors (Lipinski definition) is 1. The van der Waals surface area contributed by atoms with E-state index in [1.54, 1.807) is 0 Å². The maximum absolute atomic E-state index is 13.4. The predicted molar refractivity (Wildman–Crippen MR) is 55.5 cm³/mol. The van der Waals surface area contributed by atoms with Crippen LogP contribution in [0.25, 0.3) is 0 Å². The minimum atomic E-state index is -5.73. The van der Waals surface area contributed by atoms with Crippen LogP contribution in [0.4, 0.5) is 30.7 Å². The summed E-state index contributed by atoms with van der Waals surface area (Å²) in [6.07, 6.45) is -15.6. The number of benzene rings is 1. The van der Waals surface area contributed by atoms with Crippen molar-refractivity contribution in [2.45, 2.75) is 31.4 Å². The molecule has 1 aromatic carbocycles. The van der Waals surface area contributed by atoms with Gasteiger partial charge in [-0.25, -0.2) is 4.39 Å². The van der Waals surface area contributed by atoms with Crippen molar-refractivity contribution < 1.29 is 35.5 Å². The van der Waals surface area contributed by atoms with Crippen LogP contribution in [0.15, 0.2) is 18.2 Å². The molecule has 0 amide bonds. The topological polar surface area (TPSA) is 35.2 Å². The smallest absolute Gasteiger partial charge is 0.434 e. The Balaban J connectivity index is 3.25. The SMILES string of the molecule is CC(N)c1cccc(F)c1OC(C(F)(F)F)C(F)(F)F. The molecular formula is C11H10F7NO. The molecule has 0 spiro atoms. The molecule has 0 saturated heterocycles. The Kier molecular flexibility index (Phi) is 4.52. The zero-order valence-corrected chi connectivity index (χ0v) is 10.0. The van der Waals surface area contributed by atoms with Crippen LogP contribution in [-0.2, 0) is 0 Å². The Morgan fingerprint density at radius 1 is 1.05 bits per heavy atom. The van der Waals surface area contributed by atoms with E-state index in [1.165, 1.54) is 6.92 Å².